The van der Waals surface area contributed by atoms with Crippen molar-refractivity contribution in [3.63, 3.8) is 0 Å². The van der Waals surface area contributed by atoms with E-state index in [1.54, 1.807) is 27.7 Å². The molecule has 0 aliphatic carbocycles. The lowest BCUT2D eigenvalue weighted by atomic mass is 10.0. The van der Waals surface area contributed by atoms with E-state index >= 15 is 0 Å². The molecule has 15 heavy (non-hydrogen) atoms. The minimum absolute atomic E-state index is 0.0765. The minimum Gasteiger partial charge on any atom is -0.336 e. The molecule has 1 fully saturated rings. The van der Waals surface area contributed by atoms with Gasteiger partial charge in [0.2, 0.25) is 0 Å². The lowest BCUT2D eigenvalue weighted by molar-refractivity contribution is -0.158. The molecule has 0 spiro atoms. The van der Waals surface area contributed by atoms with Crippen molar-refractivity contribution in [2.45, 2.75) is 58.5 Å². The normalized spacial score (nSPS) is 29.1. The molecule has 0 saturated carbocycles. The maximum Gasteiger partial charge on any atom is 0.165 e. The van der Waals surface area contributed by atoms with Crippen molar-refractivity contribution in [1.82, 2.24) is 0 Å². The first-order valence-corrected chi connectivity index (χ1v) is 5.32. The Morgan fingerprint density at radius 2 is 1.33 bits per heavy atom. The average molecular weight is 214 g/mol. The molecule has 0 aromatic heterocycles. The Balaban J connectivity index is 2.83. The van der Waals surface area contributed by atoms with E-state index in [2.05, 4.69) is 0 Å². The third kappa shape index (κ3) is 2.63. The predicted molar refractivity (Wildman–Crippen MR) is 54.4 cm³/mol. The Hall–Kier alpha value is -0.740. The highest BCUT2D eigenvalue weighted by molar-refractivity contribution is 5.93. The summed E-state index contributed by atoms with van der Waals surface area (Å²) in [5, 5.41) is 0. The van der Waals surface area contributed by atoms with Gasteiger partial charge in [0, 0.05) is 12.8 Å². The Morgan fingerprint density at radius 3 is 1.60 bits per heavy atom. The summed E-state index contributed by atoms with van der Waals surface area (Å²) in [4.78, 5) is 23.2. The van der Waals surface area contributed by atoms with Gasteiger partial charge in [-0.15, -0.1) is 0 Å². The fraction of sp³-hybridized carbons (Fsp3) is 0.818. The smallest absolute Gasteiger partial charge is 0.165 e. The number of ketones is 2. The van der Waals surface area contributed by atoms with Crippen LogP contribution in [0.25, 0.3) is 0 Å². The van der Waals surface area contributed by atoms with E-state index in [0.717, 1.165) is 0 Å². The summed E-state index contributed by atoms with van der Waals surface area (Å²) < 4.78 is 10.9. The van der Waals surface area contributed by atoms with Crippen LogP contribution in [0, 0.1) is 0 Å². The van der Waals surface area contributed by atoms with Crippen molar-refractivity contribution in [2.24, 2.45) is 0 Å². The van der Waals surface area contributed by atoms with Crippen LogP contribution in [0.2, 0.25) is 0 Å². The zero-order valence-electron chi connectivity index (χ0n) is 9.70. The molecule has 1 unspecified atom stereocenters. The van der Waals surface area contributed by atoms with Gasteiger partial charge in [0.1, 0.15) is 0 Å². The molecule has 0 aromatic rings. The van der Waals surface area contributed by atoms with Crippen LogP contribution in [-0.4, -0.2) is 29.6 Å². The van der Waals surface area contributed by atoms with Gasteiger partial charge in [-0.05, 0) is 13.8 Å². The van der Waals surface area contributed by atoms with E-state index < -0.39 is 18.0 Å². The number of hydrogen-bond donors (Lipinski definition) is 0. The summed E-state index contributed by atoms with van der Waals surface area (Å²) in [7, 11) is 0. The highest BCUT2D eigenvalue weighted by Crippen LogP contribution is 2.30. The molecular formula is C11H18O4. The van der Waals surface area contributed by atoms with Gasteiger partial charge in [0.25, 0.3) is 0 Å². The van der Waals surface area contributed by atoms with Crippen LogP contribution in [0.5, 0.6) is 0 Å². The topological polar surface area (TPSA) is 52.6 Å². The van der Waals surface area contributed by atoms with Crippen LogP contribution in [0.15, 0.2) is 0 Å². The second-order valence-electron chi connectivity index (χ2n) is 4.12. The zero-order valence-corrected chi connectivity index (χ0v) is 9.70. The number of carbonyl (C=O) groups excluding carboxylic acids is 2. The molecule has 1 rings (SSSR count). The van der Waals surface area contributed by atoms with Crippen molar-refractivity contribution < 1.29 is 19.1 Å². The number of ether oxygens (including phenoxy) is 2. The van der Waals surface area contributed by atoms with E-state index in [-0.39, 0.29) is 11.6 Å². The first kappa shape index (κ1) is 12.3. The van der Waals surface area contributed by atoms with E-state index in [9.17, 15) is 9.59 Å². The van der Waals surface area contributed by atoms with Crippen molar-refractivity contribution in [3.05, 3.63) is 0 Å². The molecule has 0 N–H and O–H groups in total. The van der Waals surface area contributed by atoms with Crippen LogP contribution in [-0.2, 0) is 19.1 Å². The zero-order chi connectivity index (χ0) is 11.6. The Bertz CT molecular complexity index is 244. The van der Waals surface area contributed by atoms with Gasteiger partial charge in [-0.2, -0.15) is 0 Å². The lowest BCUT2D eigenvalue weighted by Gasteiger charge is -2.16. The summed E-state index contributed by atoms with van der Waals surface area (Å²) in [5.41, 5.74) is 0. The molecule has 4 nitrogen and oxygen atoms in total. The van der Waals surface area contributed by atoms with Crippen molar-refractivity contribution in [3.8, 4) is 0 Å². The number of hydrogen-bond acceptors (Lipinski definition) is 4. The highest BCUT2D eigenvalue weighted by atomic mass is 16.8. The Morgan fingerprint density at radius 1 is 1.00 bits per heavy atom. The SMILES string of the molecule is CCC(=O)C1OC(C)(C)O[C@H]1C(=O)CC. The second kappa shape index (κ2) is 4.41. The van der Waals surface area contributed by atoms with Crippen molar-refractivity contribution in [2.75, 3.05) is 0 Å². The quantitative estimate of drug-likeness (QED) is 0.711. The number of Topliss-reactive ketones (excluding diaryl/α,β-unsaturated/α-hetero) is 2. The number of rotatable bonds is 4. The van der Waals surface area contributed by atoms with E-state index in [1.165, 1.54) is 0 Å². The predicted octanol–water partition coefficient (Wildman–Crippen LogP) is 1.46. The minimum atomic E-state index is -0.842. The molecule has 4 heteroatoms. The summed E-state index contributed by atoms with van der Waals surface area (Å²) in [5.74, 6) is -0.995. The largest absolute Gasteiger partial charge is 0.336 e. The molecule has 0 radical (unpaired) electrons. The standard InChI is InChI=1S/C11H18O4/c1-5-7(12)9-10(8(13)6-2)15-11(3,4)14-9/h9-10H,5-6H2,1-4H3/t9-,10?/m0/s1. The van der Waals surface area contributed by atoms with Crippen molar-refractivity contribution >= 4 is 11.6 Å². The third-order valence-corrected chi connectivity index (χ3v) is 2.43. The maximum absolute atomic E-state index is 11.6. The molecule has 0 amide bonds. The van der Waals surface area contributed by atoms with Gasteiger partial charge in [-0.3, -0.25) is 9.59 Å². The fourth-order valence-electron chi connectivity index (χ4n) is 1.63. The first-order valence-electron chi connectivity index (χ1n) is 5.32. The number of carbonyl (C=O) groups is 2. The maximum atomic E-state index is 11.6. The lowest BCUT2D eigenvalue weighted by Crippen LogP contribution is -2.36. The van der Waals surface area contributed by atoms with E-state index in [0.29, 0.717) is 12.8 Å². The van der Waals surface area contributed by atoms with Crippen molar-refractivity contribution in [1.29, 1.82) is 0 Å². The molecule has 1 aliphatic heterocycles. The van der Waals surface area contributed by atoms with Crippen LogP contribution in [0.3, 0.4) is 0 Å². The van der Waals surface area contributed by atoms with Gasteiger partial charge in [-0.1, -0.05) is 13.8 Å². The fourth-order valence-corrected chi connectivity index (χ4v) is 1.63. The highest BCUT2D eigenvalue weighted by Gasteiger charge is 2.47. The van der Waals surface area contributed by atoms with Crippen LogP contribution in [0.1, 0.15) is 40.5 Å². The summed E-state index contributed by atoms with van der Waals surface area (Å²) in [6, 6.07) is 0. The molecule has 86 valence electrons. The molecule has 1 heterocycles. The molecule has 0 aromatic carbocycles. The van der Waals surface area contributed by atoms with Gasteiger partial charge < -0.3 is 9.47 Å². The molecule has 2 atom stereocenters. The Kier molecular flexibility index (Phi) is 3.62. The van der Waals surface area contributed by atoms with Crippen LogP contribution in [0.4, 0.5) is 0 Å². The van der Waals surface area contributed by atoms with Gasteiger partial charge in [-0.25, -0.2) is 0 Å². The second-order valence-corrected chi connectivity index (χ2v) is 4.12. The van der Waals surface area contributed by atoms with Crippen LogP contribution >= 0.6 is 0 Å². The molecule has 1 aliphatic rings. The van der Waals surface area contributed by atoms with Crippen LogP contribution < -0.4 is 0 Å². The summed E-state index contributed by atoms with van der Waals surface area (Å²) in [6.45, 7) is 6.94. The molecular weight excluding hydrogens is 196 g/mol. The van der Waals surface area contributed by atoms with Gasteiger partial charge in [0.05, 0.1) is 0 Å². The molecule has 0 bridgehead atoms. The summed E-state index contributed by atoms with van der Waals surface area (Å²) in [6.07, 6.45) is -0.732. The molecule has 1 saturated heterocycles. The summed E-state index contributed by atoms with van der Waals surface area (Å²) >= 11 is 0. The Labute approximate surface area is 89.9 Å². The van der Waals surface area contributed by atoms with Gasteiger partial charge >= 0.3 is 0 Å². The monoisotopic (exact) mass is 214 g/mol. The first-order chi connectivity index (χ1) is 6.91. The van der Waals surface area contributed by atoms with E-state index in [1.807, 2.05) is 0 Å². The van der Waals surface area contributed by atoms with Gasteiger partial charge in [0.15, 0.2) is 29.6 Å². The average Bonchev–Trinajstić information content (AvgIpc) is 2.52. The van der Waals surface area contributed by atoms with E-state index in [4.69, 9.17) is 9.47 Å². The third-order valence-electron chi connectivity index (χ3n) is 2.43.